The maximum absolute atomic E-state index is 13.3. The van der Waals surface area contributed by atoms with Crippen LogP contribution >= 0.6 is 11.6 Å². The molecule has 5 rings (SSSR count). The van der Waals surface area contributed by atoms with Crippen molar-refractivity contribution in [3.05, 3.63) is 76.7 Å². The van der Waals surface area contributed by atoms with Crippen LogP contribution < -0.4 is 5.32 Å². The number of aryl methyl sites for hydroxylation is 1. The normalized spacial score (nSPS) is 20.6. The first-order chi connectivity index (χ1) is 16.0. The molecule has 0 aliphatic heterocycles. The molecule has 0 radical (unpaired) electrons. The van der Waals surface area contributed by atoms with Crippen molar-refractivity contribution in [1.82, 2.24) is 25.5 Å². The van der Waals surface area contributed by atoms with E-state index in [1.165, 1.54) is 5.56 Å². The van der Waals surface area contributed by atoms with Gasteiger partial charge in [-0.05, 0) is 68.0 Å². The molecule has 168 valence electrons. The Bertz CT molecular complexity index is 1320. The van der Waals surface area contributed by atoms with Crippen molar-refractivity contribution < 1.29 is 4.79 Å². The average Bonchev–Trinajstić information content (AvgIpc) is 3.23. The Balaban J connectivity index is 1.43. The van der Waals surface area contributed by atoms with Gasteiger partial charge >= 0.3 is 0 Å². The van der Waals surface area contributed by atoms with E-state index in [1.54, 1.807) is 12.4 Å². The van der Waals surface area contributed by atoms with Crippen molar-refractivity contribution in [1.29, 1.82) is 0 Å². The number of hydrogen-bond acceptors (Lipinski definition) is 4. The summed E-state index contributed by atoms with van der Waals surface area (Å²) in [6, 6.07) is 13.8. The first-order valence-corrected chi connectivity index (χ1v) is 11.7. The number of nitrogens with zero attached hydrogens (tertiary/aromatic N) is 3. The molecule has 3 heterocycles. The lowest BCUT2D eigenvalue weighted by Crippen LogP contribution is -2.42. The van der Waals surface area contributed by atoms with Crippen molar-refractivity contribution in [2.45, 2.75) is 45.1 Å². The monoisotopic (exact) mass is 459 g/mol. The van der Waals surface area contributed by atoms with Crippen LogP contribution in [0.3, 0.4) is 0 Å². The van der Waals surface area contributed by atoms with E-state index in [0.29, 0.717) is 17.1 Å². The Morgan fingerprint density at radius 1 is 1.15 bits per heavy atom. The molecule has 3 atom stereocenters. The minimum absolute atomic E-state index is 0.0505. The van der Waals surface area contributed by atoms with Crippen LogP contribution in [0.2, 0.25) is 5.02 Å². The Hall–Kier alpha value is -3.25. The summed E-state index contributed by atoms with van der Waals surface area (Å²) in [6.45, 7) is 4.22. The first-order valence-electron chi connectivity index (χ1n) is 11.3. The van der Waals surface area contributed by atoms with E-state index in [-0.39, 0.29) is 17.9 Å². The van der Waals surface area contributed by atoms with Crippen molar-refractivity contribution >= 4 is 28.5 Å². The predicted octanol–water partition coefficient (Wildman–Crippen LogP) is 5.68. The van der Waals surface area contributed by atoms with Gasteiger partial charge < -0.3 is 5.32 Å². The lowest BCUT2D eigenvalue weighted by Gasteiger charge is -2.36. The van der Waals surface area contributed by atoms with Gasteiger partial charge in [0.1, 0.15) is 0 Å². The van der Waals surface area contributed by atoms with E-state index in [9.17, 15) is 4.79 Å². The van der Waals surface area contributed by atoms with Gasteiger partial charge in [-0.25, -0.2) is 4.98 Å². The quantitative estimate of drug-likeness (QED) is 0.411. The highest BCUT2D eigenvalue weighted by Gasteiger charge is 2.31. The van der Waals surface area contributed by atoms with E-state index in [1.807, 2.05) is 43.3 Å². The van der Waals surface area contributed by atoms with Gasteiger partial charge in [-0.3, -0.25) is 14.9 Å². The number of aromatic amines is 1. The van der Waals surface area contributed by atoms with Gasteiger partial charge in [-0.15, -0.1) is 0 Å². The second kappa shape index (κ2) is 8.94. The minimum atomic E-state index is -0.117. The maximum atomic E-state index is 13.3. The van der Waals surface area contributed by atoms with Crippen molar-refractivity contribution in [3.8, 4) is 11.3 Å². The van der Waals surface area contributed by atoms with Crippen LogP contribution in [-0.4, -0.2) is 32.1 Å². The van der Waals surface area contributed by atoms with Crippen LogP contribution in [0.5, 0.6) is 0 Å². The highest BCUT2D eigenvalue weighted by molar-refractivity contribution is 6.30. The summed E-state index contributed by atoms with van der Waals surface area (Å²) in [5, 5.41) is 12.2. The standard InChI is InChI=1S/C26H26ClN5O/c1-15-6-7-23(21(10-15)17-4-3-5-20(27)12-17)30-26(33)19-13-22-24(31-32-25(22)29-14-19)18-8-9-28-16(2)11-18/h3-5,8-9,11-15,21,23H,6-7,10H2,1-2H3,(H,30,33)(H,29,31,32)/t15?,21-,23+/m1/s1. The van der Waals surface area contributed by atoms with E-state index in [0.717, 1.165) is 46.6 Å². The van der Waals surface area contributed by atoms with Crippen molar-refractivity contribution in [3.63, 3.8) is 0 Å². The van der Waals surface area contributed by atoms with Crippen LogP contribution in [0.15, 0.2) is 54.9 Å². The molecular weight excluding hydrogens is 434 g/mol. The third kappa shape index (κ3) is 4.48. The number of hydrogen-bond donors (Lipinski definition) is 2. The van der Waals surface area contributed by atoms with Gasteiger partial charge in [0.15, 0.2) is 5.65 Å². The zero-order chi connectivity index (χ0) is 22.9. The number of carbonyl (C=O) groups excluding carboxylic acids is 1. The van der Waals surface area contributed by atoms with Crippen LogP contribution in [0.25, 0.3) is 22.3 Å². The number of benzene rings is 1. The SMILES string of the molecule is Cc1cc(-c2[nH]nc3ncc(C(=O)N[C@H]4CCC(C)C[C@@H]4c4cccc(Cl)c4)cc23)ccn1. The molecule has 7 heteroatoms. The predicted molar refractivity (Wildman–Crippen MR) is 130 cm³/mol. The molecule has 1 aliphatic carbocycles. The van der Waals surface area contributed by atoms with E-state index in [4.69, 9.17) is 11.6 Å². The Kier molecular flexibility index (Phi) is 5.85. The number of carbonyl (C=O) groups is 1. The van der Waals surface area contributed by atoms with Crippen molar-refractivity contribution in [2.24, 2.45) is 5.92 Å². The number of amides is 1. The van der Waals surface area contributed by atoms with Crippen molar-refractivity contribution in [2.75, 3.05) is 0 Å². The number of rotatable bonds is 4. The summed E-state index contributed by atoms with van der Waals surface area (Å²) in [5.74, 6) is 0.726. The Morgan fingerprint density at radius 3 is 2.85 bits per heavy atom. The molecule has 2 N–H and O–H groups in total. The molecule has 0 spiro atoms. The molecule has 1 amide bonds. The average molecular weight is 460 g/mol. The van der Waals surface area contributed by atoms with Crippen LogP contribution in [0.4, 0.5) is 0 Å². The number of aromatic nitrogens is 4. The molecule has 3 aromatic heterocycles. The highest BCUT2D eigenvalue weighted by atomic mass is 35.5. The van der Waals surface area contributed by atoms with Gasteiger partial charge in [0.25, 0.3) is 5.91 Å². The van der Waals surface area contributed by atoms with Crippen LogP contribution in [0.1, 0.15) is 53.7 Å². The summed E-state index contributed by atoms with van der Waals surface area (Å²) in [4.78, 5) is 22.0. The lowest BCUT2D eigenvalue weighted by molar-refractivity contribution is 0.0913. The summed E-state index contributed by atoms with van der Waals surface area (Å²) >= 11 is 6.26. The molecule has 0 saturated heterocycles. The third-order valence-corrected chi connectivity index (χ3v) is 6.80. The topological polar surface area (TPSA) is 83.6 Å². The van der Waals surface area contributed by atoms with Crippen LogP contribution in [-0.2, 0) is 0 Å². The molecule has 33 heavy (non-hydrogen) atoms. The zero-order valence-corrected chi connectivity index (χ0v) is 19.4. The zero-order valence-electron chi connectivity index (χ0n) is 18.7. The molecule has 1 unspecified atom stereocenters. The fourth-order valence-electron chi connectivity index (χ4n) is 4.86. The third-order valence-electron chi connectivity index (χ3n) is 6.56. The highest BCUT2D eigenvalue weighted by Crippen LogP contribution is 2.37. The van der Waals surface area contributed by atoms with E-state index in [2.05, 4.69) is 38.5 Å². The fraction of sp³-hybridized carbons (Fsp3) is 0.308. The number of nitrogens with one attached hydrogen (secondary N) is 2. The first kappa shape index (κ1) is 21.6. The second-order valence-electron chi connectivity index (χ2n) is 9.04. The minimum Gasteiger partial charge on any atom is -0.349 e. The van der Waals surface area contributed by atoms with Gasteiger partial charge in [0.05, 0.1) is 11.3 Å². The number of H-pyrrole nitrogens is 1. The number of fused-ring (bicyclic) bond motifs is 1. The molecular formula is C26H26ClN5O. The molecule has 1 aromatic carbocycles. The number of pyridine rings is 2. The number of halogens is 1. The molecule has 1 aliphatic rings. The summed E-state index contributed by atoms with van der Waals surface area (Å²) in [7, 11) is 0. The summed E-state index contributed by atoms with van der Waals surface area (Å²) in [5.41, 5.74) is 5.00. The van der Waals surface area contributed by atoms with Crippen LogP contribution in [0, 0.1) is 12.8 Å². The van der Waals surface area contributed by atoms with E-state index < -0.39 is 0 Å². The lowest BCUT2D eigenvalue weighted by atomic mass is 9.75. The molecule has 1 saturated carbocycles. The van der Waals surface area contributed by atoms with Gasteiger partial charge in [0.2, 0.25) is 0 Å². The fourth-order valence-corrected chi connectivity index (χ4v) is 5.05. The Morgan fingerprint density at radius 2 is 2.03 bits per heavy atom. The molecule has 6 nitrogen and oxygen atoms in total. The largest absolute Gasteiger partial charge is 0.349 e. The molecule has 0 bridgehead atoms. The van der Waals surface area contributed by atoms with E-state index >= 15 is 0 Å². The summed E-state index contributed by atoms with van der Waals surface area (Å²) < 4.78 is 0. The summed E-state index contributed by atoms with van der Waals surface area (Å²) in [6.07, 6.45) is 6.41. The molecule has 4 aromatic rings. The Labute approximate surface area is 197 Å². The maximum Gasteiger partial charge on any atom is 0.253 e. The van der Waals surface area contributed by atoms with Gasteiger partial charge in [-0.2, -0.15) is 5.10 Å². The van der Waals surface area contributed by atoms with Gasteiger partial charge in [0, 0.05) is 46.0 Å². The smallest absolute Gasteiger partial charge is 0.253 e. The second-order valence-corrected chi connectivity index (χ2v) is 9.48. The van der Waals surface area contributed by atoms with Gasteiger partial charge in [-0.1, -0.05) is 30.7 Å². The molecule has 1 fully saturated rings.